The van der Waals surface area contributed by atoms with Gasteiger partial charge in [-0.1, -0.05) is 45.4 Å². The summed E-state index contributed by atoms with van der Waals surface area (Å²) in [5, 5.41) is 5.59. The number of anilines is 1. The molecular formula is C20H30N2O2. The molecule has 0 spiro atoms. The summed E-state index contributed by atoms with van der Waals surface area (Å²) in [5.74, 6) is -0.409. The number of aryl methyl sites for hydroxylation is 1. The molecule has 1 aliphatic rings. The highest BCUT2D eigenvalue weighted by Crippen LogP contribution is 2.40. The van der Waals surface area contributed by atoms with Crippen LogP contribution in [0.25, 0.3) is 0 Å². The van der Waals surface area contributed by atoms with E-state index in [2.05, 4.69) is 31.4 Å². The van der Waals surface area contributed by atoms with Crippen molar-refractivity contribution < 1.29 is 9.59 Å². The summed E-state index contributed by atoms with van der Waals surface area (Å²) in [6.45, 7) is 8.80. The fourth-order valence-corrected chi connectivity index (χ4v) is 3.45. The van der Waals surface area contributed by atoms with E-state index in [4.69, 9.17) is 0 Å². The monoisotopic (exact) mass is 330 g/mol. The van der Waals surface area contributed by atoms with E-state index in [1.165, 1.54) is 6.42 Å². The van der Waals surface area contributed by atoms with Crippen LogP contribution in [0, 0.1) is 18.3 Å². The summed E-state index contributed by atoms with van der Waals surface area (Å²) in [4.78, 5) is 24.2. The van der Waals surface area contributed by atoms with E-state index >= 15 is 0 Å². The molecule has 1 aromatic rings. The predicted octanol–water partition coefficient (Wildman–Crippen LogP) is 4.04. The van der Waals surface area contributed by atoms with Gasteiger partial charge >= 0.3 is 11.8 Å². The number of para-hydroxylation sites is 1. The van der Waals surface area contributed by atoms with E-state index in [1.54, 1.807) is 6.07 Å². The smallest absolute Gasteiger partial charge is 0.313 e. The third-order valence-electron chi connectivity index (χ3n) is 5.68. The van der Waals surface area contributed by atoms with Gasteiger partial charge in [0.1, 0.15) is 0 Å². The molecule has 0 atom stereocenters. The predicted molar refractivity (Wildman–Crippen MR) is 97.8 cm³/mol. The zero-order valence-electron chi connectivity index (χ0n) is 15.3. The van der Waals surface area contributed by atoms with E-state index < -0.39 is 11.8 Å². The van der Waals surface area contributed by atoms with Gasteiger partial charge in [0.15, 0.2) is 0 Å². The lowest BCUT2D eigenvalue weighted by molar-refractivity contribution is -0.136. The van der Waals surface area contributed by atoms with Crippen LogP contribution in [0.2, 0.25) is 0 Å². The third kappa shape index (κ3) is 4.59. The minimum atomic E-state index is -0.583. The number of hydrogen-bond donors (Lipinski definition) is 2. The average Bonchev–Trinajstić information content (AvgIpc) is 2.57. The Kier molecular flexibility index (Phi) is 6.03. The maximum Gasteiger partial charge on any atom is 0.313 e. The van der Waals surface area contributed by atoms with Crippen molar-refractivity contribution in [2.75, 3.05) is 5.32 Å². The Labute approximate surface area is 145 Å². The molecule has 2 amide bonds. The first kappa shape index (κ1) is 18.5. The molecule has 4 heteroatoms. The fourth-order valence-electron chi connectivity index (χ4n) is 3.45. The van der Waals surface area contributed by atoms with E-state index in [0.29, 0.717) is 17.0 Å². The van der Waals surface area contributed by atoms with Gasteiger partial charge in [-0.05, 0) is 55.6 Å². The molecule has 0 aromatic heterocycles. The van der Waals surface area contributed by atoms with E-state index in [1.807, 2.05) is 25.1 Å². The van der Waals surface area contributed by atoms with Gasteiger partial charge in [0, 0.05) is 11.7 Å². The maximum absolute atomic E-state index is 12.1. The van der Waals surface area contributed by atoms with Crippen LogP contribution in [0.15, 0.2) is 24.3 Å². The molecule has 0 unspecified atom stereocenters. The van der Waals surface area contributed by atoms with Crippen molar-refractivity contribution in [1.29, 1.82) is 0 Å². The molecule has 0 radical (unpaired) electrons. The zero-order valence-corrected chi connectivity index (χ0v) is 15.3. The molecular weight excluding hydrogens is 300 g/mol. The standard InChI is InChI=1S/C20H30N2O2/c1-5-20(3,4)15-10-12-16(13-11-15)21-18(23)19(24)22-17-9-7-6-8-14(17)2/h6-9,15-16H,5,10-13H2,1-4H3,(H,21,23)(H,22,24). The van der Waals surface area contributed by atoms with Crippen LogP contribution >= 0.6 is 0 Å². The zero-order chi connectivity index (χ0) is 17.7. The Bertz CT molecular complexity index is 587. The van der Waals surface area contributed by atoms with Crippen molar-refractivity contribution in [2.24, 2.45) is 11.3 Å². The summed E-state index contributed by atoms with van der Waals surface area (Å²) in [5.41, 5.74) is 1.99. The first-order chi connectivity index (χ1) is 11.3. The number of nitrogens with one attached hydrogen (secondary N) is 2. The molecule has 0 heterocycles. The number of amides is 2. The fraction of sp³-hybridized carbons (Fsp3) is 0.600. The Morgan fingerprint density at radius 1 is 1.08 bits per heavy atom. The van der Waals surface area contributed by atoms with Gasteiger partial charge in [-0.15, -0.1) is 0 Å². The summed E-state index contributed by atoms with van der Waals surface area (Å²) >= 11 is 0. The van der Waals surface area contributed by atoms with Crippen molar-refractivity contribution in [1.82, 2.24) is 5.32 Å². The summed E-state index contributed by atoms with van der Waals surface area (Å²) < 4.78 is 0. The molecule has 0 aliphatic heterocycles. The summed E-state index contributed by atoms with van der Waals surface area (Å²) in [6, 6.07) is 7.57. The van der Waals surface area contributed by atoms with Crippen LogP contribution in [0.4, 0.5) is 5.69 Å². The van der Waals surface area contributed by atoms with E-state index in [-0.39, 0.29) is 6.04 Å². The minimum Gasteiger partial charge on any atom is -0.345 e. The Balaban J connectivity index is 1.83. The SMILES string of the molecule is CCC(C)(C)C1CCC(NC(=O)C(=O)Nc2ccccc2C)CC1. The van der Waals surface area contributed by atoms with Gasteiger partial charge in [0.2, 0.25) is 0 Å². The number of hydrogen-bond acceptors (Lipinski definition) is 2. The lowest BCUT2D eigenvalue weighted by Crippen LogP contribution is -2.44. The van der Waals surface area contributed by atoms with Crippen LogP contribution < -0.4 is 10.6 Å². The number of carbonyl (C=O) groups is 2. The van der Waals surface area contributed by atoms with Gasteiger partial charge in [0.05, 0.1) is 0 Å². The van der Waals surface area contributed by atoms with Crippen molar-refractivity contribution >= 4 is 17.5 Å². The van der Waals surface area contributed by atoms with Crippen LogP contribution in [-0.2, 0) is 9.59 Å². The van der Waals surface area contributed by atoms with E-state index in [9.17, 15) is 9.59 Å². The van der Waals surface area contributed by atoms with E-state index in [0.717, 1.165) is 31.2 Å². The normalized spacial score (nSPS) is 21.2. The van der Waals surface area contributed by atoms with Crippen molar-refractivity contribution in [2.45, 2.75) is 65.8 Å². The molecule has 24 heavy (non-hydrogen) atoms. The largest absolute Gasteiger partial charge is 0.345 e. The molecule has 1 fully saturated rings. The van der Waals surface area contributed by atoms with Crippen LogP contribution in [0.1, 0.15) is 58.4 Å². The lowest BCUT2D eigenvalue weighted by atomic mass is 9.69. The van der Waals surface area contributed by atoms with Gasteiger partial charge in [0.25, 0.3) is 0 Å². The summed E-state index contributed by atoms with van der Waals surface area (Å²) in [7, 11) is 0. The molecule has 1 saturated carbocycles. The first-order valence-corrected chi connectivity index (χ1v) is 9.01. The molecule has 2 N–H and O–H groups in total. The van der Waals surface area contributed by atoms with Crippen molar-refractivity contribution in [3.63, 3.8) is 0 Å². The molecule has 2 rings (SSSR count). The highest BCUT2D eigenvalue weighted by atomic mass is 16.2. The Morgan fingerprint density at radius 2 is 1.71 bits per heavy atom. The molecule has 0 bridgehead atoms. The molecule has 0 saturated heterocycles. The van der Waals surface area contributed by atoms with Gasteiger partial charge in [-0.25, -0.2) is 0 Å². The second-order valence-corrected chi connectivity index (χ2v) is 7.63. The minimum absolute atomic E-state index is 0.115. The Hall–Kier alpha value is -1.84. The quantitative estimate of drug-likeness (QED) is 0.818. The Morgan fingerprint density at radius 3 is 2.29 bits per heavy atom. The van der Waals surface area contributed by atoms with Gasteiger partial charge < -0.3 is 10.6 Å². The molecule has 132 valence electrons. The number of benzene rings is 1. The number of carbonyl (C=O) groups excluding carboxylic acids is 2. The first-order valence-electron chi connectivity index (χ1n) is 9.01. The van der Waals surface area contributed by atoms with Crippen LogP contribution in [-0.4, -0.2) is 17.9 Å². The lowest BCUT2D eigenvalue weighted by Gasteiger charge is -2.39. The van der Waals surface area contributed by atoms with Crippen LogP contribution in [0.5, 0.6) is 0 Å². The van der Waals surface area contributed by atoms with Gasteiger partial charge in [-0.2, -0.15) is 0 Å². The van der Waals surface area contributed by atoms with Crippen molar-refractivity contribution in [3.8, 4) is 0 Å². The molecule has 1 aliphatic carbocycles. The van der Waals surface area contributed by atoms with Gasteiger partial charge in [-0.3, -0.25) is 9.59 Å². The van der Waals surface area contributed by atoms with Crippen LogP contribution in [0.3, 0.4) is 0 Å². The molecule has 1 aromatic carbocycles. The third-order valence-corrected chi connectivity index (χ3v) is 5.68. The highest BCUT2D eigenvalue weighted by Gasteiger charge is 2.32. The second kappa shape index (κ2) is 7.82. The van der Waals surface area contributed by atoms with Crippen molar-refractivity contribution in [3.05, 3.63) is 29.8 Å². The molecule has 4 nitrogen and oxygen atoms in total. The number of rotatable bonds is 4. The topological polar surface area (TPSA) is 58.2 Å². The maximum atomic E-state index is 12.1. The summed E-state index contributed by atoms with van der Waals surface area (Å²) in [6.07, 6.45) is 5.32. The second-order valence-electron chi connectivity index (χ2n) is 7.63. The highest BCUT2D eigenvalue weighted by molar-refractivity contribution is 6.39. The average molecular weight is 330 g/mol.